The lowest BCUT2D eigenvalue weighted by Gasteiger charge is -2.26. The number of nitrogens with zero attached hydrogens (tertiary/aromatic N) is 6. The molecule has 13 heteroatoms. The average Bonchev–Trinajstić information content (AvgIpc) is 3.69. The quantitative estimate of drug-likeness (QED) is 0.266. The van der Waals surface area contributed by atoms with Crippen molar-refractivity contribution in [3.63, 3.8) is 0 Å². The van der Waals surface area contributed by atoms with E-state index < -0.39 is 0 Å². The Bertz CT molecular complexity index is 1530. The molecule has 6 rings (SSSR count). The maximum atomic E-state index is 12.7. The fourth-order valence-corrected chi connectivity index (χ4v) is 5.32. The lowest BCUT2D eigenvalue weighted by Crippen LogP contribution is -2.30. The monoisotopic (exact) mass is 545 g/mol. The number of piperidine rings is 1. The highest BCUT2D eigenvalue weighted by molar-refractivity contribution is 5.94. The second kappa shape index (κ2) is 11.3. The second-order valence-corrected chi connectivity index (χ2v) is 10.0. The van der Waals surface area contributed by atoms with E-state index in [1.165, 1.54) is 0 Å². The number of carbonyl (C=O) groups is 2. The molecule has 40 heavy (non-hydrogen) atoms. The predicted molar refractivity (Wildman–Crippen MR) is 146 cm³/mol. The summed E-state index contributed by atoms with van der Waals surface area (Å²) in [6.45, 7) is 3.72. The van der Waals surface area contributed by atoms with Gasteiger partial charge in [-0.25, -0.2) is 14.6 Å². The molecule has 5 heterocycles. The Hall–Kier alpha value is -4.52. The third-order valence-corrected chi connectivity index (χ3v) is 7.33. The van der Waals surface area contributed by atoms with Crippen LogP contribution >= 0.6 is 0 Å². The van der Waals surface area contributed by atoms with Crippen LogP contribution in [0.15, 0.2) is 41.2 Å². The maximum Gasteiger partial charge on any atom is 0.251 e. The number of imidazole rings is 1. The molecule has 4 N–H and O–H groups in total. The number of benzene rings is 1. The largest absolute Gasteiger partial charge is 0.439 e. The van der Waals surface area contributed by atoms with Gasteiger partial charge in [-0.15, -0.1) is 0 Å². The third-order valence-electron chi connectivity index (χ3n) is 7.33. The number of hydrogen-bond donors (Lipinski definition) is 3. The van der Waals surface area contributed by atoms with Crippen molar-refractivity contribution in [1.82, 2.24) is 40.4 Å². The normalized spacial score (nSPS) is 16.1. The van der Waals surface area contributed by atoms with E-state index in [1.54, 1.807) is 30.5 Å². The summed E-state index contributed by atoms with van der Waals surface area (Å²) in [4.78, 5) is 35.5. The lowest BCUT2D eigenvalue weighted by molar-refractivity contribution is -0.127. The number of anilines is 1. The van der Waals surface area contributed by atoms with E-state index in [-0.39, 0.29) is 23.7 Å². The van der Waals surface area contributed by atoms with Crippen LogP contribution in [-0.4, -0.2) is 74.3 Å². The van der Waals surface area contributed by atoms with Gasteiger partial charge in [0.15, 0.2) is 17.3 Å². The van der Waals surface area contributed by atoms with E-state index in [0.29, 0.717) is 60.2 Å². The molecular formula is C27H31N9O4. The molecule has 0 unspecified atom stereocenters. The molecule has 208 valence electrons. The van der Waals surface area contributed by atoms with Crippen molar-refractivity contribution in [2.75, 3.05) is 38.5 Å². The standard InChI is InChI=1S/C27H31N9O4/c28-25-24(33-40-34-25)26-32-20-16-31-22(15-21(20)36(26)18-7-10-29-11-8-18)39-19-5-1-4-17(14-19)27(38)30-9-3-13-35-12-2-6-23(35)37/h1,4-5,14-16,18,29H,2-3,6-13H2,(H2,28,34)(H,30,38). The van der Waals surface area contributed by atoms with Crippen LogP contribution in [0.1, 0.15) is 48.5 Å². The van der Waals surface area contributed by atoms with E-state index in [1.807, 2.05) is 11.0 Å². The summed E-state index contributed by atoms with van der Waals surface area (Å²) in [5.74, 6) is 1.60. The fraction of sp³-hybridized carbons (Fsp3) is 0.407. The summed E-state index contributed by atoms with van der Waals surface area (Å²) in [6.07, 6.45) is 5.71. The van der Waals surface area contributed by atoms with Gasteiger partial charge in [0.1, 0.15) is 11.3 Å². The minimum absolute atomic E-state index is 0.170. The number of likely N-dealkylation sites (tertiary alicyclic amines) is 1. The summed E-state index contributed by atoms with van der Waals surface area (Å²) < 4.78 is 13.0. The molecule has 0 bridgehead atoms. The first-order valence-electron chi connectivity index (χ1n) is 13.6. The lowest BCUT2D eigenvalue weighted by atomic mass is 10.1. The number of carbonyl (C=O) groups excluding carboxylic acids is 2. The number of ether oxygens (including phenoxy) is 1. The van der Waals surface area contributed by atoms with Gasteiger partial charge in [0.25, 0.3) is 5.91 Å². The molecule has 0 radical (unpaired) electrons. The maximum absolute atomic E-state index is 12.7. The molecule has 13 nitrogen and oxygen atoms in total. The van der Waals surface area contributed by atoms with Crippen molar-refractivity contribution in [2.24, 2.45) is 0 Å². The van der Waals surface area contributed by atoms with Gasteiger partial charge in [-0.1, -0.05) is 6.07 Å². The number of fused-ring (bicyclic) bond motifs is 1. The van der Waals surface area contributed by atoms with E-state index in [0.717, 1.165) is 44.4 Å². The summed E-state index contributed by atoms with van der Waals surface area (Å²) in [6, 6.07) is 8.97. The predicted octanol–water partition coefficient (Wildman–Crippen LogP) is 2.52. The molecule has 1 aromatic carbocycles. The van der Waals surface area contributed by atoms with Crippen LogP contribution in [0.5, 0.6) is 11.6 Å². The van der Waals surface area contributed by atoms with Gasteiger partial charge in [-0.05, 0) is 67.3 Å². The van der Waals surface area contributed by atoms with Crippen molar-refractivity contribution in [3.8, 4) is 23.1 Å². The molecule has 4 aromatic rings. The van der Waals surface area contributed by atoms with Gasteiger partial charge in [0.2, 0.25) is 11.8 Å². The smallest absolute Gasteiger partial charge is 0.251 e. The Balaban J connectivity index is 1.19. The van der Waals surface area contributed by atoms with Crippen molar-refractivity contribution in [2.45, 2.75) is 38.1 Å². The Morgan fingerprint density at radius 1 is 1.23 bits per heavy atom. The molecule has 2 amide bonds. The summed E-state index contributed by atoms with van der Waals surface area (Å²) in [7, 11) is 0. The molecule has 3 aromatic heterocycles. The van der Waals surface area contributed by atoms with Gasteiger partial charge in [-0.2, -0.15) is 0 Å². The highest BCUT2D eigenvalue weighted by Crippen LogP contribution is 2.34. The molecule has 2 aliphatic rings. The first-order chi connectivity index (χ1) is 19.6. The van der Waals surface area contributed by atoms with Crippen LogP contribution < -0.4 is 21.1 Å². The van der Waals surface area contributed by atoms with E-state index >= 15 is 0 Å². The summed E-state index contributed by atoms with van der Waals surface area (Å²) >= 11 is 0. The third kappa shape index (κ3) is 5.32. The van der Waals surface area contributed by atoms with E-state index in [4.69, 9.17) is 20.1 Å². The Morgan fingerprint density at radius 2 is 2.10 bits per heavy atom. The zero-order valence-corrected chi connectivity index (χ0v) is 22.0. The van der Waals surface area contributed by atoms with E-state index in [9.17, 15) is 9.59 Å². The van der Waals surface area contributed by atoms with Gasteiger partial charge in [0.05, 0.1) is 11.7 Å². The first kappa shape index (κ1) is 25.7. The Kier molecular flexibility index (Phi) is 7.27. The van der Waals surface area contributed by atoms with Crippen LogP contribution in [0.4, 0.5) is 5.82 Å². The van der Waals surface area contributed by atoms with Gasteiger partial charge in [0, 0.05) is 43.7 Å². The molecule has 2 aliphatic heterocycles. The number of hydrogen-bond acceptors (Lipinski definition) is 10. The second-order valence-electron chi connectivity index (χ2n) is 10.0. The van der Waals surface area contributed by atoms with Gasteiger partial charge in [-0.3, -0.25) is 9.59 Å². The number of rotatable bonds is 9. The Morgan fingerprint density at radius 3 is 2.88 bits per heavy atom. The fourth-order valence-electron chi connectivity index (χ4n) is 5.32. The molecule has 2 fully saturated rings. The van der Waals surface area contributed by atoms with Crippen molar-refractivity contribution >= 4 is 28.7 Å². The topological polar surface area (TPSA) is 166 Å². The van der Waals surface area contributed by atoms with Crippen molar-refractivity contribution < 1.29 is 19.0 Å². The highest BCUT2D eigenvalue weighted by atomic mass is 16.6. The number of nitrogens with two attached hydrogens (primary N) is 1. The highest BCUT2D eigenvalue weighted by Gasteiger charge is 2.26. The summed E-state index contributed by atoms with van der Waals surface area (Å²) in [5, 5.41) is 14.0. The van der Waals surface area contributed by atoms with Crippen LogP contribution in [-0.2, 0) is 4.79 Å². The van der Waals surface area contributed by atoms with Gasteiger partial charge < -0.3 is 30.6 Å². The molecule has 0 aliphatic carbocycles. The number of nitrogens with one attached hydrogen (secondary N) is 2. The Labute approximate surface area is 230 Å². The molecule has 0 spiro atoms. The zero-order valence-electron chi connectivity index (χ0n) is 22.0. The molecule has 0 saturated carbocycles. The summed E-state index contributed by atoms with van der Waals surface area (Å²) in [5.41, 5.74) is 8.39. The number of amides is 2. The van der Waals surface area contributed by atoms with Gasteiger partial charge >= 0.3 is 0 Å². The first-order valence-corrected chi connectivity index (χ1v) is 13.6. The minimum Gasteiger partial charge on any atom is -0.439 e. The SMILES string of the molecule is Nc1nonc1-c1nc2cnc(Oc3cccc(C(=O)NCCCN4CCCC4=O)c3)cc2n1C1CCNCC1. The van der Waals surface area contributed by atoms with Crippen molar-refractivity contribution in [3.05, 3.63) is 42.1 Å². The molecular weight excluding hydrogens is 514 g/mol. The van der Waals surface area contributed by atoms with E-state index in [2.05, 4.69) is 30.5 Å². The molecule has 2 saturated heterocycles. The number of nitrogen functional groups attached to an aromatic ring is 1. The number of pyridine rings is 1. The average molecular weight is 546 g/mol. The van der Waals surface area contributed by atoms with Crippen LogP contribution in [0.2, 0.25) is 0 Å². The van der Waals surface area contributed by atoms with Crippen molar-refractivity contribution in [1.29, 1.82) is 0 Å². The minimum atomic E-state index is -0.200. The zero-order chi connectivity index (χ0) is 27.5. The number of aromatic nitrogens is 5. The van der Waals surface area contributed by atoms with Crippen LogP contribution in [0.3, 0.4) is 0 Å². The van der Waals surface area contributed by atoms with Crippen LogP contribution in [0.25, 0.3) is 22.6 Å². The molecule has 0 atom stereocenters. The van der Waals surface area contributed by atoms with Crippen LogP contribution in [0, 0.1) is 0 Å².